The predicted molar refractivity (Wildman–Crippen MR) is 137 cm³/mol. The van der Waals surface area contributed by atoms with Crippen molar-refractivity contribution in [1.29, 1.82) is 5.26 Å². The van der Waals surface area contributed by atoms with Crippen LogP contribution in [-0.2, 0) is 20.2 Å². The minimum absolute atomic E-state index is 0.0644. The van der Waals surface area contributed by atoms with Gasteiger partial charge in [-0.1, -0.05) is 48.3 Å². The van der Waals surface area contributed by atoms with Crippen molar-refractivity contribution in [3.63, 3.8) is 0 Å². The lowest BCUT2D eigenvalue weighted by molar-refractivity contribution is -0.275. The van der Waals surface area contributed by atoms with Crippen molar-refractivity contribution in [1.82, 2.24) is 0 Å². The molecule has 0 saturated heterocycles. The van der Waals surface area contributed by atoms with Crippen LogP contribution in [0.2, 0.25) is 10.0 Å². The quantitative estimate of drug-likeness (QED) is 0.268. The first-order chi connectivity index (χ1) is 17.4. The van der Waals surface area contributed by atoms with Gasteiger partial charge in [0.15, 0.2) is 5.82 Å². The summed E-state index contributed by atoms with van der Waals surface area (Å²) in [7, 11) is -3.30. The largest absolute Gasteiger partial charge is 0.435 e. The molecule has 0 spiro atoms. The molecule has 2 aromatic carbocycles. The number of rotatable bonds is 5. The minimum Gasteiger partial charge on any atom is -0.374 e. The van der Waals surface area contributed by atoms with Crippen LogP contribution < -0.4 is 0 Å². The van der Waals surface area contributed by atoms with E-state index in [1.165, 1.54) is 39.0 Å². The zero-order valence-corrected chi connectivity index (χ0v) is 23.2. The summed E-state index contributed by atoms with van der Waals surface area (Å²) < 4.78 is 72.7. The highest BCUT2D eigenvalue weighted by Gasteiger charge is 2.62. The van der Waals surface area contributed by atoms with E-state index in [1.54, 1.807) is 13.8 Å². The van der Waals surface area contributed by atoms with Gasteiger partial charge >= 0.3 is 6.18 Å². The van der Waals surface area contributed by atoms with E-state index in [4.69, 9.17) is 28.0 Å². The summed E-state index contributed by atoms with van der Waals surface area (Å²) in [6.07, 6.45) is -5.75. The first-order valence-electron chi connectivity index (χ1n) is 11.2. The highest BCUT2D eigenvalue weighted by atomic mass is 35.5. The maximum Gasteiger partial charge on any atom is 0.435 e. The van der Waals surface area contributed by atoms with Crippen LogP contribution >= 0.6 is 23.2 Å². The van der Waals surface area contributed by atoms with Crippen molar-refractivity contribution in [3.05, 3.63) is 68.4 Å². The lowest BCUT2D eigenvalue weighted by Crippen LogP contribution is -2.42. The Kier molecular flexibility index (Phi) is 7.97. The number of nitrogens with zero attached hydrogens (tertiary/aromatic N) is 3. The smallest absolute Gasteiger partial charge is 0.374 e. The average molecular weight is 592 g/mol. The molecule has 1 aliphatic rings. The summed E-state index contributed by atoms with van der Waals surface area (Å²) in [6.45, 7) is 7.61. The molecule has 1 amide bonds. The molecule has 1 heterocycles. The van der Waals surface area contributed by atoms with Gasteiger partial charge in [-0.25, -0.2) is 8.60 Å². The van der Waals surface area contributed by atoms with Crippen LogP contribution in [0.15, 0.2) is 39.9 Å². The van der Waals surface area contributed by atoms with Crippen LogP contribution in [-0.4, -0.2) is 32.0 Å². The van der Waals surface area contributed by atoms with E-state index in [2.05, 4.69) is 9.52 Å². The predicted octanol–water partition coefficient (Wildman–Crippen LogP) is 7.34. The number of carbonyl (C=O) groups excluding carboxylic acids is 1. The van der Waals surface area contributed by atoms with E-state index in [0.717, 1.165) is 12.1 Å². The second-order valence-electron chi connectivity index (χ2n) is 9.55. The Hall–Kier alpha value is -2.68. The second-order valence-corrected chi connectivity index (χ2v) is 13.6. The van der Waals surface area contributed by atoms with Crippen LogP contribution in [0.4, 0.5) is 17.6 Å². The van der Waals surface area contributed by atoms with Crippen molar-refractivity contribution in [2.24, 2.45) is 9.52 Å². The van der Waals surface area contributed by atoms with Crippen LogP contribution in [0.1, 0.15) is 61.2 Å². The lowest BCUT2D eigenvalue weighted by Gasteiger charge is -2.29. The molecule has 2 unspecified atom stereocenters. The molecule has 3 rings (SSSR count). The standard InChI is InChI=1S/C25H23Cl2F4N3O3S/c1-13(2)38(36,23(4,5)12-32)34-22(35)17-7-6-15(8-14(17)3)20-11-24(37-33-20,25(29,30)31)16-9-18(26)21(28)19(27)10-16/h6-10,13H,11H2,1-5H3. The molecular formula is C25H23Cl2F4N3O3S. The van der Waals surface area contributed by atoms with E-state index in [9.17, 15) is 31.8 Å². The van der Waals surface area contributed by atoms with E-state index in [1.807, 2.05) is 6.07 Å². The molecule has 0 N–H and O–H groups in total. The molecular weight excluding hydrogens is 569 g/mol. The van der Waals surface area contributed by atoms with Gasteiger partial charge in [-0.3, -0.25) is 4.79 Å². The molecule has 0 aliphatic carbocycles. The molecule has 0 bridgehead atoms. The fraction of sp³-hybridized carbons (Fsp3) is 0.400. The maximum atomic E-state index is 14.3. The molecule has 0 fully saturated rings. The fourth-order valence-corrected chi connectivity index (χ4v) is 6.56. The van der Waals surface area contributed by atoms with Crippen molar-refractivity contribution in [2.45, 2.75) is 62.8 Å². The van der Waals surface area contributed by atoms with Gasteiger partial charge in [0.05, 0.1) is 31.6 Å². The summed E-state index contributed by atoms with van der Waals surface area (Å²) in [5, 5.41) is 11.3. The van der Waals surface area contributed by atoms with Gasteiger partial charge in [-0.2, -0.15) is 22.8 Å². The Morgan fingerprint density at radius 1 is 1.21 bits per heavy atom. The van der Waals surface area contributed by atoms with Gasteiger partial charge in [0.1, 0.15) is 4.75 Å². The summed E-state index contributed by atoms with van der Waals surface area (Å²) >= 11 is 11.5. The number of oxime groups is 1. The van der Waals surface area contributed by atoms with Crippen LogP contribution in [0, 0.1) is 24.1 Å². The van der Waals surface area contributed by atoms with Crippen molar-refractivity contribution in [2.75, 3.05) is 0 Å². The summed E-state index contributed by atoms with van der Waals surface area (Å²) in [4.78, 5) is 17.9. The average Bonchev–Trinajstić information content (AvgIpc) is 3.29. The third-order valence-electron chi connectivity index (χ3n) is 6.28. The molecule has 6 nitrogen and oxygen atoms in total. The molecule has 0 saturated carbocycles. The Morgan fingerprint density at radius 2 is 1.79 bits per heavy atom. The number of hydrogen-bond acceptors (Lipinski definition) is 5. The topological polar surface area (TPSA) is 91.9 Å². The summed E-state index contributed by atoms with van der Waals surface area (Å²) in [6, 6.07) is 7.64. The number of alkyl halides is 3. The van der Waals surface area contributed by atoms with Crippen molar-refractivity contribution >= 4 is 44.5 Å². The molecule has 2 aromatic rings. The number of hydrogen-bond donors (Lipinski definition) is 0. The maximum absolute atomic E-state index is 14.3. The number of aryl methyl sites for hydroxylation is 1. The Morgan fingerprint density at radius 3 is 2.26 bits per heavy atom. The Bertz CT molecular complexity index is 1480. The van der Waals surface area contributed by atoms with Crippen molar-refractivity contribution in [3.8, 4) is 6.07 Å². The number of halogens is 6. The highest BCUT2D eigenvalue weighted by Crippen LogP contribution is 2.50. The molecule has 204 valence electrons. The molecule has 38 heavy (non-hydrogen) atoms. The number of benzene rings is 2. The van der Waals surface area contributed by atoms with E-state index >= 15 is 0 Å². The van der Waals surface area contributed by atoms with Gasteiger partial charge < -0.3 is 4.84 Å². The number of amides is 1. The van der Waals surface area contributed by atoms with E-state index in [0.29, 0.717) is 5.56 Å². The molecule has 2 atom stereocenters. The summed E-state index contributed by atoms with van der Waals surface area (Å²) in [5.41, 5.74) is -2.95. The first kappa shape index (κ1) is 29.9. The molecule has 0 aromatic heterocycles. The van der Waals surface area contributed by atoms with E-state index in [-0.39, 0.29) is 16.8 Å². The van der Waals surface area contributed by atoms with Gasteiger partial charge in [0.2, 0.25) is 0 Å². The molecule has 0 radical (unpaired) electrons. The second kappa shape index (κ2) is 10.1. The first-order valence-corrected chi connectivity index (χ1v) is 13.5. The SMILES string of the molecule is Cc1cc(C2=NOC(c3cc(Cl)c(F)c(Cl)c3)(C(F)(F)F)C2)ccc1C(=O)N=S(=O)(C(C)C)C(C)(C)C#N. The third kappa shape index (κ3) is 5.01. The van der Waals surface area contributed by atoms with E-state index < -0.39 is 65.3 Å². The van der Waals surface area contributed by atoms with Crippen LogP contribution in [0.3, 0.4) is 0 Å². The lowest BCUT2D eigenvalue weighted by atomic mass is 9.86. The molecule has 13 heteroatoms. The van der Waals surface area contributed by atoms with Crippen LogP contribution in [0.5, 0.6) is 0 Å². The van der Waals surface area contributed by atoms with Crippen LogP contribution in [0.25, 0.3) is 0 Å². The third-order valence-corrected chi connectivity index (χ3v) is 10.1. The highest BCUT2D eigenvalue weighted by molar-refractivity contribution is 7.96. The normalized spacial score (nSPS) is 19.4. The van der Waals surface area contributed by atoms with Gasteiger partial charge in [0, 0.05) is 22.8 Å². The number of carbonyl (C=O) groups is 1. The zero-order valence-electron chi connectivity index (χ0n) is 20.9. The zero-order chi connectivity index (χ0) is 28.8. The Labute approximate surface area is 227 Å². The number of nitriles is 1. The van der Waals surface area contributed by atoms with Gasteiger partial charge in [-0.05, 0) is 56.2 Å². The fourth-order valence-electron chi connectivity index (χ4n) is 3.98. The minimum atomic E-state index is -4.98. The Balaban J connectivity index is 2.01. The summed E-state index contributed by atoms with van der Waals surface area (Å²) in [5.74, 6) is -1.88. The van der Waals surface area contributed by atoms with Gasteiger partial charge in [-0.15, -0.1) is 0 Å². The van der Waals surface area contributed by atoms with Crippen molar-refractivity contribution < 1.29 is 31.4 Å². The monoisotopic (exact) mass is 591 g/mol. The van der Waals surface area contributed by atoms with Gasteiger partial charge in [0.25, 0.3) is 11.5 Å². The molecule has 1 aliphatic heterocycles.